The van der Waals surface area contributed by atoms with E-state index in [0.717, 1.165) is 34.7 Å². The largest absolute Gasteiger partial charge is 0.376 e. The second kappa shape index (κ2) is 7.85. The van der Waals surface area contributed by atoms with Gasteiger partial charge >= 0.3 is 0 Å². The first kappa shape index (κ1) is 17.0. The third kappa shape index (κ3) is 3.71. The van der Waals surface area contributed by atoms with Crippen LogP contribution in [-0.4, -0.2) is 33.9 Å². The zero-order valence-electron chi connectivity index (χ0n) is 14.9. The number of fused-ring (bicyclic) bond motifs is 1. The average molecular weight is 351 g/mol. The number of nitrogens with zero attached hydrogens (tertiary/aromatic N) is 3. The Kier molecular flexibility index (Phi) is 5.13. The van der Waals surface area contributed by atoms with E-state index in [9.17, 15) is 0 Å². The number of hydrogen-bond donors (Lipinski definition) is 2. The van der Waals surface area contributed by atoms with Crippen molar-refractivity contribution in [2.45, 2.75) is 38.3 Å². The van der Waals surface area contributed by atoms with Crippen molar-refractivity contribution in [1.82, 2.24) is 14.6 Å². The molecular formula is C20H25N5O. The van der Waals surface area contributed by atoms with E-state index in [1.165, 1.54) is 25.7 Å². The van der Waals surface area contributed by atoms with Gasteiger partial charge in [-0.15, -0.1) is 0 Å². The fourth-order valence-corrected chi connectivity index (χ4v) is 3.45. The quantitative estimate of drug-likeness (QED) is 0.639. The molecule has 0 bridgehead atoms. The van der Waals surface area contributed by atoms with E-state index in [1.807, 2.05) is 30.6 Å². The fraction of sp³-hybridized carbons (Fsp3) is 0.400. The summed E-state index contributed by atoms with van der Waals surface area (Å²) in [6.45, 7) is 2.02. The van der Waals surface area contributed by atoms with Crippen molar-refractivity contribution in [3.05, 3.63) is 48.3 Å². The molecule has 3 aromatic rings. The molecule has 0 spiro atoms. The Hall–Kier alpha value is -2.44. The molecule has 0 amide bonds. The van der Waals surface area contributed by atoms with E-state index in [2.05, 4.69) is 22.5 Å². The first-order chi connectivity index (χ1) is 12.8. The molecule has 2 heterocycles. The predicted octanol–water partition coefficient (Wildman–Crippen LogP) is 3.23. The van der Waals surface area contributed by atoms with Crippen LogP contribution in [-0.2, 0) is 11.3 Å². The Morgan fingerprint density at radius 2 is 1.96 bits per heavy atom. The summed E-state index contributed by atoms with van der Waals surface area (Å²) in [7, 11) is 0. The Balaban J connectivity index is 1.45. The second-order valence-electron chi connectivity index (χ2n) is 6.74. The first-order valence-electron chi connectivity index (χ1n) is 9.33. The smallest absolute Gasteiger partial charge is 0.165 e. The van der Waals surface area contributed by atoms with Crippen molar-refractivity contribution >= 4 is 11.5 Å². The van der Waals surface area contributed by atoms with E-state index in [1.54, 1.807) is 4.52 Å². The number of aromatic nitrogens is 3. The molecule has 1 fully saturated rings. The molecule has 1 aliphatic carbocycles. The number of benzene rings is 1. The van der Waals surface area contributed by atoms with E-state index < -0.39 is 0 Å². The number of nitrogens with two attached hydrogens (primary N) is 1. The van der Waals surface area contributed by atoms with Crippen molar-refractivity contribution in [2.24, 2.45) is 5.73 Å². The molecule has 6 nitrogen and oxygen atoms in total. The third-order valence-electron chi connectivity index (χ3n) is 4.93. The molecule has 2 aromatic heterocycles. The van der Waals surface area contributed by atoms with Gasteiger partial charge in [-0.2, -0.15) is 5.10 Å². The Labute approximate surface area is 153 Å². The molecule has 26 heavy (non-hydrogen) atoms. The minimum absolute atomic E-state index is 0.449. The van der Waals surface area contributed by atoms with Gasteiger partial charge in [0.15, 0.2) is 5.65 Å². The van der Waals surface area contributed by atoms with E-state index in [-0.39, 0.29) is 0 Å². The summed E-state index contributed by atoms with van der Waals surface area (Å²) in [5.74, 6) is 0.841. The average Bonchev–Trinajstić information content (AvgIpc) is 3.35. The molecule has 0 aliphatic heterocycles. The third-order valence-corrected chi connectivity index (χ3v) is 4.93. The van der Waals surface area contributed by atoms with Gasteiger partial charge in [-0.1, -0.05) is 37.1 Å². The topological polar surface area (TPSA) is 77.5 Å². The maximum absolute atomic E-state index is 5.89. The van der Waals surface area contributed by atoms with Crippen LogP contribution in [0.15, 0.2) is 42.7 Å². The van der Waals surface area contributed by atoms with Crippen molar-refractivity contribution in [2.75, 3.05) is 18.5 Å². The molecular weight excluding hydrogens is 326 g/mol. The predicted molar refractivity (Wildman–Crippen MR) is 103 cm³/mol. The van der Waals surface area contributed by atoms with Crippen LogP contribution in [0, 0.1) is 0 Å². The number of ether oxygens (including phenoxy) is 1. The van der Waals surface area contributed by atoms with Gasteiger partial charge in [0.2, 0.25) is 0 Å². The lowest BCUT2D eigenvalue weighted by Gasteiger charge is -2.12. The van der Waals surface area contributed by atoms with Gasteiger partial charge < -0.3 is 15.8 Å². The summed E-state index contributed by atoms with van der Waals surface area (Å²) >= 11 is 0. The lowest BCUT2D eigenvalue weighted by atomic mass is 10.1. The lowest BCUT2D eigenvalue weighted by Crippen LogP contribution is -2.16. The zero-order valence-corrected chi connectivity index (χ0v) is 14.9. The van der Waals surface area contributed by atoms with Crippen LogP contribution in [0.3, 0.4) is 0 Å². The molecule has 3 N–H and O–H groups in total. The van der Waals surface area contributed by atoms with Gasteiger partial charge in [0.25, 0.3) is 0 Å². The number of anilines is 1. The molecule has 6 heteroatoms. The molecule has 1 aliphatic rings. The van der Waals surface area contributed by atoms with Crippen LogP contribution in [0.25, 0.3) is 16.8 Å². The van der Waals surface area contributed by atoms with E-state index in [4.69, 9.17) is 15.5 Å². The molecule has 0 atom stereocenters. The van der Waals surface area contributed by atoms with Gasteiger partial charge in [0.05, 0.1) is 18.9 Å². The highest BCUT2D eigenvalue weighted by molar-refractivity contribution is 5.77. The van der Waals surface area contributed by atoms with Crippen LogP contribution in [0.5, 0.6) is 0 Å². The molecule has 0 saturated heterocycles. The van der Waals surface area contributed by atoms with Gasteiger partial charge in [0, 0.05) is 24.8 Å². The summed E-state index contributed by atoms with van der Waals surface area (Å²) < 4.78 is 7.69. The van der Waals surface area contributed by atoms with Crippen molar-refractivity contribution in [3.63, 3.8) is 0 Å². The van der Waals surface area contributed by atoms with Crippen molar-refractivity contribution < 1.29 is 4.74 Å². The zero-order chi connectivity index (χ0) is 17.8. The van der Waals surface area contributed by atoms with Gasteiger partial charge in [-0.05, 0) is 30.0 Å². The summed E-state index contributed by atoms with van der Waals surface area (Å²) in [6.07, 6.45) is 9.23. The number of hydrogen-bond acceptors (Lipinski definition) is 5. The monoisotopic (exact) mass is 351 g/mol. The number of nitrogens with one attached hydrogen (secondary N) is 1. The van der Waals surface area contributed by atoms with Gasteiger partial charge in [-0.3, -0.25) is 0 Å². The highest BCUT2D eigenvalue weighted by atomic mass is 16.5. The molecule has 4 rings (SSSR count). The van der Waals surface area contributed by atoms with Crippen LogP contribution < -0.4 is 11.1 Å². The lowest BCUT2D eigenvalue weighted by molar-refractivity contribution is 0.0659. The molecule has 1 saturated carbocycles. The summed E-state index contributed by atoms with van der Waals surface area (Å²) in [6, 6.07) is 10.2. The van der Waals surface area contributed by atoms with E-state index >= 15 is 0 Å². The maximum Gasteiger partial charge on any atom is 0.165 e. The summed E-state index contributed by atoms with van der Waals surface area (Å²) in [5, 5.41) is 7.76. The first-order valence-corrected chi connectivity index (χ1v) is 9.33. The second-order valence-corrected chi connectivity index (χ2v) is 6.74. The Bertz CT molecular complexity index is 852. The SMILES string of the molecule is NCc1ccc(-c2cnn3ccc(NCCOC4CCCC4)nc23)cc1. The highest BCUT2D eigenvalue weighted by Gasteiger charge is 2.14. The van der Waals surface area contributed by atoms with Crippen molar-refractivity contribution in [3.8, 4) is 11.1 Å². The minimum Gasteiger partial charge on any atom is -0.376 e. The molecule has 0 unspecified atom stereocenters. The highest BCUT2D eigenvalue weighted by Crippen LogP contribution is 2.24. The maximum atomic E-state index is 5.89. The molecule has 1 aromatic carbocycles. The molecule has 136 valence electrons. The van der Waals surface area contributed by atoms with Crippen LogP contribution in [0.4, 0.5) is 5.82 Å². The summed E-state index contributed by atoms with van der Waals surface area (Å²) in [4.78, 5) is 4.73. The Morgan fingerprint density at radius 1 is 1.15 bits per heavy atom. The summed E-state index contributed by atoms with van der Waals surface area (Å²) in [5.41, 5.74) is 9.74. The van der Waals surface area contributed by atoms with Crippen LogP contribution in [0.1, 0.15) is 31.2 Å². The van der Waals surface area contributed by atoms with E-state index in [0.29, 0.717) is 19.3 Å². The number of rotatable bonds is 7. The normalized spacial score (nSPS) is 15.0. The standard InChI is InChI=1S/C20H25N5O/c21-13-15-5-7-16(8-6-15)18-14-23-25-11-9-19(24-20(18)25)22-10-12-26-17-3-1-2-4-17/h5-9,11,14,17H,1-4,10,12-13,21H2,(H,22,24). The van der Waals surface area contributed by atoms with Crippen LogP contribution >= 0.6 is 0 Å². The van der Waals surface area contributed by atoms with Gasteiger partial charge in [0.1, 0.15) is 5.82 Å². The molecule has 0 radical (unpaired) electrons. The Morgan fingerprint density at radius 3 is 2.73 bits per heavy atom. The minimum atomic E-state index is 0.449. The van der Waals surface area contributed by atoms with Crippen molar-refractivity contribution in [1.29, 1.82) is 0 Å². The van der Waals surface area contributed by atoms with Crippen LogP contribution in [0.2, 0.25) is 0 Å². The van der Waals surface area contributed by atoms with Gasteiger partial charge in [-0.25, -0.2) is 9.50 Å². The fourth-order valence-electron chi connectivity index (χ4n) is 3.45.